The van der Waals surface area contributed by atoms with Crippen LogP contribution in [0, 0.1) is 0 Å². The number of benzene rings is 1. The number of aliphatic hydroxyl groups excluding tert-OH is 1. The lowest BCUT2D eigenvalue weighted by Gasteiger charge is -2.28. The summed E-state index contributed by atoms with van der Waals surface area (Å²) in [4.78, 5) is 0. The normalized spacial score (nSPS) is 26.3. The van der Waals surface area contributed by atoms with Crippen molar-refractivity contribution in [3.63, 3.8) is 0 Å². The van der Waals surface area contributed by atoms with Gasteiger partial charge in [-0.05, 0) is 12.5 Å². The Kier molecular flexibility index (Phi) is 2.23. The third kappa shape index (κ3) is 1.54. The maximum atomic E-state index is 9.78. The van der Waals surface area contributed by atoms with Gasteiger partial charge in [-0.1, -0.05) is 25.1 Å². The van der Waals surface area contributed by atoms with E-state index in [9.17, 15) is 5.11 Å². The monoisotopic (exact) mass is 178 g/mol. The lowest BCUT2D eigenvalue weighted by Crippen LogP contribution is -2.24. The van der Waals surface area contributed by atoms with Gasteiger partial charge in [-0.3, -0.25) is 0 Å². The van der Waals surface area contributed by atoms with Gasteiger partial charge in [0.1, 0.15) is 11.9 Å². The zero-order chi connectivity index (χ0) is 9.26. The van der Waals surface area contributed by atoms with E-state index in [1.54, 1.807) is 0 Å². The summed E-state index contributed by atoms with van der Waals surface area (Å²) in [5, 5.41) is 9.78. The third-order valence-corrected chi connectivity index (χ3v) is 2.51. The molecule has 2 rings (SSSR count). The molecule has 1 N–H and O–H groups in total. The van der Waals surface area contributed by atoms with Crippen LogP contribution in [0.25, 0.3) is 0 Å². The van der Waals surface area contributed by atoms with E-state index in [-0.39, 0.29) is 12.2 Å². The Hall–Kier alpha value is -1.02. The van der Waals surface area contributed by atoms with Crippen molar-refractivity contribution in [1.29, 1.82) is 0 Å². The first kappa shape index (κ1) is 8.57. The molecule has 1 aliphatic rings. The van der Waals surface area contributed by atoms with Crippen molar-refractivity contribution in [3.05, 3.63) is 29.8 Å². The van der Waals surface area contributed by atoms with E-state index in [0.717, 1.165) is 17.7 Å². The van der Waals surface area contributed by atoms with E-state index >= 15 is 0 Å². The zero-order valence-electron chi connectivity index (χ0n) is 7.73. The Morgan fingerprint density at radius 2 is 2.23 bits per heavy atom. The molecule has 2 nitrogen and oxygen atoms in total. The molecule has 0 unspecified atom stereocenters. The lowest BCUT2D eigenvalue weighted by atomic mass is 9.98. The predicted molar refractivity (Wildman–Crippen MR) is 50.7 cm³/mol. The van der Waals surface area contributed by atoms with Crippen molar-refractivity contribution in [3.8, 4) is 5.75 Å². The third-order valence-electron chi connectivity index (χ3n) is 2.51. The molecule has 0 bridgehead atoms. The summed E-state index contributed by atoms with van der Waals surface area (Å²) in [7, 11) is 0. The van der Waals surface area contributed by atoms with Crippen LogP contribution in [0.3, 0.4) is 0 Å². The second-order valence-electron chi connectivity index (χ2n) is 3.44. The molecule has 0 aliphatic carbocycles. The fourth-order valence-electron chi connectivity index (χ4n) is 1.72. The van der Waals surface area contributed by atoms with Crippen molar-refractivity contribution in [2.45, 2.75) is 32.0 Å². The summed E-state index contributed by atoms with van der Waals surface area (Å²) >= 11 is 0. The highest BCUT2D eigenvalue weighted by atomic mass is 16.5. The fraction of sp³-hybridized carbons (Fsp3) is 0.455. The van der Waals surface area contributed by atoms with Gasteiger partial charge in [0, 0.05) is 12.0 Å². The van der Waals surface area contributed by atoms with Gasteiger partial charge in [0.2, 0.25) is 0 Å². The minimum absolute atomic E-state index is 0.171. The molecule has 0 amide bonds. The molecule has 2 heteroatoms. The molecule has 1 heterocycles. The number of hydrogen-bond donors (Lipinski definition) is 1. The highest BCUT2D eigenvalue weighted by molar-refractivity contribution is 5.36. The smallest absolute Gasteiger partial charge is 0.125 e. The van der Waals surface area contributed by atoms with E-state index in [1.807, 2.05) is 24.3 Å². The van der Waals surface area contributed by atoms with E-state index in [0.29, 0.717) is 6.42 Å². The number of aliphatic hydroxyl groups is 1. The van der Waals surface area contributed by atoms with Gasteiger partial charge < -0.3 is 9.84 Å². The van der Waals surface area contributed by atoms with Crippen LogP contribution in [0.5, 0.6) is 5.75 Å². The van der Waals surface area contributed by atoms with Crippen LogP contribution in [-0.4, -0.2) is 11.2 Å². The highest BCUT2D eigenvalue weighted by Gasteiger charge is 2.24. The fourth-order valence-corrected chi connectivity index (χ4v) is 1.72. The van der Waals surface area contributed by atoms with E-state index in [4.69, 9.17) is 4.74 Å². The van der Waals surface area contributed by atoms with Crippen molar-refractivity contribution in [2.24, 2.45) is 0 Å². The van der Waals surface area contributed by atoms with Crippen LogP contribution in [0.4, 0.5) is 0 Å². The maximum absolute atomic E-state index is 9.78. The number of rotatable bonds is 1. The molecule has 0 spiro atoms. The summed E-state index contributed by atoms with van der Waals surface area (Å²) < 4.78 is 5.69. The van der Waals surface area contributed by atoms with Gasteiger partial charge in [-0.2, -0.15) is 0 Å². The largest absolute Gasteiger partial charge is 0.490 e. The maximum Gasteiger partial charge on any atom is 0.125 e. The summed E-state index contributed by atoms with van der Waals surface area (Å²) in [5.74, 6) is 0.841. The van der Waals surface area contributed by atoms with Gasteiger partial charge in [0.05, 0.1) is 6.10 Å². The molecule has 0 saturated carbocycles. The molecule has 1 aromatic rings. The Morgan fingerprint density at radius 3 is 3.00 bits per heavy atom. The van der Waals surface area contributed by atoms with Crippen molar-refractivity contribution >= 4 is 0 Å². The molecule has 0 saturated heterocycles. The average molecular weight is 178 g/mol. The SMILES string of the molecule is CC[C@@H]1C[C@@H](O)c2ccccc2O1. The first-order valence-corrected chi connectivity index (χ1v) is 4.75. The molecule has 1 aliphatic heterocycles. The minimum Gasteiger partial charge on any atom is -0.490 e. The zero-order valence-corrected chi connectivity index (χ0v) is 7.73. The van der Waals surface area contributed by atoms with Crippen LogP contribution in [0.2, 0.25) is 0 Å². The first-order valence-electron chi connectivity index (χ1n) is 4.75. The van der Waals surface area contributed by atoms with Crippen molar-refractivity contribution in [2.75, 3.05) is 0 Å². The number of fused-ring (bicyclic) bond motifs is 1. The van der Waals surface area contributed by atoms with Crippen molar-refractivity contribution < 1.29 is 9.84 Å². The van der Waals surface area contributed by atoms with E-state index in [1.165, 1.54) is 0 Å². The Balaban J connectivity index is 2.31. The molecule has 0 radical (unpaired) electrons. The van der Waals surface area contributed by atoms with Gasteiger partial charge in [-0.25, -0.2) is 0 Å². The van der Waals surface area contributed by atoms with E-state index < -0.39 is 0 Å². The molecular weight excluding hydrogens is 164 g/mol. The summed E-state index contributed by atoms with van der Waals surface area (Å²) in [5.41, 5.74) is 0.923. The Bertz CT molecular complexity index is 296. The van der Waals surface area contributed by atoms with Crippen LogP contribution < -0.4 is 4.74 Å². The van der Waals surface area contributed by atoms with Crippen LogP contribution >= 0.6 is 0 Å². The second-order valence-corrected chi connectivity index (χ2v) is 3.44. The summed E-state index contributed by atoms with van der Waals surface area (Å²) in [6.07, 6.45) is 1.48. The minimum atomic E-state index is -0.352. The lowest BCUT2D eigenvalue weighted by molar-refractivity contribution is 0.0643. The number of para-hydroxylation sites is 1. The Labute approximate surface area is 78.2 Å². The summed E-state index contributed by atoms with van der Waals surface area (Å²) in [6, 6.07) is 7.70. The molecule has 1 aromatic carbocycles. The van der Waals surface area contributed by atoms with Crippen molar-refractivity contribution in [1.82, 2.24) is 0 Å². The van der Waals surface area contributed by atoms with Crippen LogP contribution in [0.1, 0.15) is 31.4 Å². The van der Waals surface area contributed by atoms with Gasteiger partial charge in [0.25, 0.3) is 0 Å². The van der Waals surface area contributed by atoms with Gasteiger partial charge in [0.15, 0.2) is 0 Å². The highest BCUT2D eigenvalue weighted by Crippen LogP contribution is 2.34. The summed E-state index contributed by atoms with van der Waals surface area (Å²) in [6.45, 7) is 2.07. The number of hydrogen-bond acceptors (Lipinski definition) is 2. The molecule has 0 fully saturated rings. The topological polar surface area (TPSA) is 29.5 Å². The standard InChI is InChI=1S/C11H14O2/c1-2-8-7-10(12)9-5-3-4-6-11(9)13-8/h3-6,8,10,12H,2,7H2,1H3/t8-,10-/m1/s1. The molecule has 0 aromatic heterocycles. The molecule has 70 valence electrons. The van der Waals surface area contributed by atoms with Crippen LogP contribution in [0.15, 0.2) is 24.3 Å². The van der Waals surface area contributed by atoms with Crippen LogP contribution in [-0.2, 0) is 0 Å². The molecular formula is C11H14O2. The Morgan fingerprint density at radius 1 is 1.46 bits per heavy atom. The van der Waals surface area contributed by atoms with E-state index in [2.05, 4.69) is 6.92 Å². The number of ether oxygens (including phenoxy) is 1. The molecule has 2 atom stereocenters. The molecule has 13 heavy (non-hydrogen) atoms. The van der Waals surface area contributed by atoms with Gasteiger partial charge >= 0.3 is 0 Å². The predicted octanol–water partition coefficient (Wildman–Crippen LogP) is 2.28. The average Bonchev–Trinajstić information content (AvgIpc) is 2.18. The quantitative estimate of drug-likeness (QED) is 0.714. The first-order chi connectivity index (χ1) is 6.31. The second kappa shape index (κ2) is 3.38. The van der Waals surface area contributed by atoms with Gasteiger partial charge in [-0.15, -0.1) is 0 Å².